The first-order chi connectivity index (χ1) is 5.72. The molecule has 0 saturated carbocycles. The number of carbonyl (C=O) groups is 1. The summed E-state index contributed by atoms with van der Waals surface area (Å²) in [5.74, 6) is 0. The smallest absolute Gasteiger partial charge is 0.407 e. The molecule has 68 valence electrons. The average molecular weight is 171 g/mol. The standard InChI is InChI=1S/C8H13NO3/c10-7(11)9-3-1-8(5-9)2-4-12-6-8/h1-6H2,(H,10,11)/t8-/m0/s1. The van der Waals surface area contributed by atoms with Crippen LogP contribution in [-0.4, -0.2) is 42.4 Å². The van der Waals surface area contributed by atoms with Gasteiger partial charge in [0.1, 0.15) is 0 Å². The van der Waals surface area contributed by atoms with Crippen LogP contribution >= 0.6 is 0 Å². The molecule has 2 heterocycles. The van der Waals surface area contributed by atoms with Gasteiger partial charge in [-0.15, -0.1) is 0 Å². The van der Waals surface area contributed by atoms with Crippen molar-refractivity contribution in [1.29, 1.82) is 0 Å². The Morgan fingerprint density at radius 2 is 2.33 bits per heavy atom. The molecule has 1 N–H and O–H groups in total. The van der Waals surface area contributed by atoms with Crippen LogP contribution in [0.5, 0.6) is 0 Å². The first-order valence-electron chi connectivity index (χ1n) is 4.28. The Balaban J connectivity index is 2.01. The fraction of sp³-hybridized carbons (Fsp3) is 0.875. The molecule has 0 aromatic heterocycles. The van der Waals surface area contributed by atoms with E-state index >= 15 is 0 Å². The maximum Gasteiger partial charge on any atom is 0.407 e. The second kappa shape index (κ2) is 2.62. The number of ether oxygens (including phenoxy) is 1. The maximum atomic E-state index is 10.6. The quantitative estimate of drug-likeness (QED) is 0.585. The Kier molecular flexibility index (Phi) is 1.72. The van der Waals surface area contributed by atoms with Gasteiger partial charge in [0.05, 0.1) is 6.61 Å². The van der Waals surface area contributed by atoms with E-state index in [9.17, 15) is 4.79 Å². The Morgan fingerprint density at radius 1 is 1.50 bits per heavy atom. The SMILES string of the molecule is O=C(O)N1CC[C@]2(CCOC2)C1. The number of hydrogen-bond acceptors (Lipinski definition) is 2. The predicted molar refractivity (Wildman–Crippen MR) is 42.1 cm³/mol. The van der Waals surface area contributed by atoms with Crippen LogP contribution in [0.25, 0.3) is 0 Å². The minimum absolute atomic E-state index is 0.165. The summed E-state index contributed by atoms with van der Waals surface area (Å²) in [5.41, 5.74) is 0.165. The van der Waals surface area contributed by atoms with Crippen molar-refractivity contribution in [2.24, 2.45) is 5.41 Å². The summed E-state index contributed by atoms with van der Waals surface area (Å²) < 4.78 is 5.29. The monoisotopic (exact) mass is 171 g/mol. The lowest BCUT2D eigenvalue weighted by molar-refractivity contribution is 0.136. The van der Waals surface area contributed by atoms with Gasteiger partial charge in [0.2, 0.25) is 0 Å². The van der Waals surface area contributed by atoms with Gasteiger partial charge in [-0.05, 0) is 12.8 Å². The van der Waals surface area contributed by atoms with Gasteiger partial charge in [0.15, 0.2) is 0 Å². The molecule has 4 nitrogen and oxygen atoms in total. The van der Waals surface area contributed by atoms with E-state index in [0.717, 1.165) is 26.1 Å². The Hall–Kier alpha value is -0.770. The number of hydrogen-bond donors (Lipinski definition) is 1. The van der Waals surface area contributed by atoms with Gasteiger partial charge in [0.25, 0.3) is 0 Å². The summed E-state index contributed by atoms with van der Waals surface area (Å²) in [6, 6.07) is 0. The molecule has 2 fully saturated rings. The van der Waals surface area contributed by atoms with E-state index in [1.807, 2.05) is 0 Å². The topological polar surface area (TPSA) is 49.8 Å². The molecular formula is C8H13NO3. The Bertz CT molecular complexity index is 198. The van der Waals surface area contributed by atoms with Gasteiger partial charge in [-0.3, -0.25) is 0 Å². The first-order valence-corrected chi connectivity index (χ1v) is 4.28. The number of nitrogens with zero attached hydrogens (tertiary/aromatic N) is 1. The summed E-state index contributed by atoms with van der Waals surface area (Å²) in [5, 5.41) is 8.74. The minimum atomic E-state index is -0.793. The lowest BCUT2D eigenvalue weighted by atomic mass is 9.87. The molecule has 0 aliphatic carbocycles. The van der Waals surface area contributed by atoms with Gasteiger partial charge < -0.3 is 14.7 Å². The number of carboxylic acid groups (broad SMARTS) is 1. The molecule has 1 atom stereocenters. The third-order valence-electron chi connectivity index (χ3n) is 2.89. The molecule has 2 rings (SSSR count). The lowest BCUT2D eigenvalue weighted by Gasteiger charge is -2.19. The largest absolute Gasteiger partial charge is 0.465 e. The highest BCUT2D eigenvalue weighted by molar-refractivity contribution is 5.65. The minimum Gasteiger partial charge on any atom is -0.465 e. The van der Waals surface area contributed by atoms with Crippen LogP contribution in [0.1, 0.15) is 12.8 Å². The van der Waals surface area contributed by atoms with Crippen molar-refractivity contribution < 1.29 is 14.6 Å². The molecule has 0 radical (unpaired) electrons. The van der Waals surface area contributed by atoms with Crippen LogP contribution in [-0.2, 0) is 4.74 Å². The van der Waals surface area contributed by atoms with Crippen molar-refractivity contribution in [3.05, 3.63) is 0 Å². The van der Waals surface area contributed by atoms with E-state index in [1.165, 1.54) is 4.90 Å². The first kappa shape index (κ1) is 7.86. The van der Waals surface area contributed by atoms with Gasteiger partial charge in [-0.2, -0.15) is 0 Å². The average Bonchev–Trinajstić information content (AvgIpc) is 2.62. The van der Waals surface area contributed by atoms with Crippen molar-refractivity contribution in [2.75, 3.05) is 26.3 Å². The second-order valence-corrected chi connectivity index (χ2v) is 3.76. The van der Waals surface area contributed by atoms with Crippen molar-refractivity contribution in [2.45, 2.75) is 12.8 Å². The number of rotatable bonds is 0. The highest BCUT2D eigenvalue weighted by Crippen LogP contribution is 2.37. The summed E-state index contributed by atoms with van der Waals surface area (Å²) in [4.78, 5) is 12.1. The highest BCUT2D eigenvalue weighted by Gasteiger charge is 2.42. The maximum absolute atomic E-state index is 10.6. The molecule has 2 aliphatic rings. The van der Waals surface area contributed by atoms with Crippen molar-refractivity contribution in [1.82, 2.24) is 4.90 Å². The zero-order valence-corrected chi connectivity index (χ0v) is 6.95. The van der Waals surface area contributed by atoms with Gasteiger partial charge >= 0.3 is 6.09 Å². The van der Waals surface area contributed by atoms with Gasteiger partial charge in [-0.25, -0.2) is 4.79 Å². The van der Waals surface area contributed by atoms with Crippen LogP contribution in [0, 0.1) is 5.41 Å². The number of likely N-dealkylation sites (tertiary alicyclic amines) is 1. The Labute approximate surface area is 71.1 Å². The molecular weight excluding hydrogens is 158 g/mol. The second-order valence-electron chi connectivity index (χ2n) is 3.76. The molecule has 12 heavy (non-hydrogen) atoms. The Morgan fingerprint density at radius 3 is 2.83 bits per heavy atom. The summed E-state index contributed by atoms with van der Waals surface area (Å²) >= 11 is 0. The van der Waals surface area contributed by atoms with Gasteiger partial charge in [0, 0.05) is 25.1 Å². The molecule has 0 bridgehead atoms. The number of amides is 1. The van der Waals surface area contributed by atoms with E-state index in [-0.39, 0.29) is 5.41 Å². The molecule has 0 aromatic carbocycles. The van der Waals surface area contributed by atoms with E-state index in [0.29, 0.717) is 13.1 Å². The van der Waals surface area contributed by atoms with E-state index < -0.39 is 6.09 Å². The molecule has 4 heteroatoms. The summed E-state index contributed by atoms with van der Waals surface area (Å²) in [6.45, 7) is 2.89. The normalized spacial score (nSPS) is 34.8. The third-order valence-corrected chi connectivity index (χ3v) is 2.89. The zero-order chi connectivity index (χ0) is 8.60. The predicted octanol–water partition coefficient (Wildman–Crippen LogP) is 0.777. The van der Waals surface area contributed by atoms with Crippen molar-refractivity contribution in [3.63, 3.8) is 0 Å². The fourth-order valence-corrected chi connectivity index (χ4v) is 2.07. The highest BCUT2D eigenvalue weighted by atomic mass is 16.5. The molecule has 1 spiro atoms. The van der Waals surface area contributed by atoms with Crippen LogP contribution in [0.4, 0.5) is 4.79 Å². The van der Waals surface area contributed by atoms with Crippen LogP contribution in [0.2, 0.25) is 0 Å². The molecule has 2 aliphatic heterocycles. The van der Waals surface area contributed by atoms with Crippen molar-refractivity contribution >= 4 is 6.09 Å². The third kappa shape index (κ3) is 1.16. The van der Waals surface area contributed by atoms with Crippen LogP contribution in [0.15, 0.2) is 0 Å². The lowest BCUT2D eigenvalue weighted by Crippen LogP contribution is -2.31. The van der Waals surface area contributed by atoms with Crippen LogP contribution in [0.3, 0.4) is 0 Å². The van der Waals surface area contributed by atoms with Crippen molar-refractivity contribution in [3.8, 4) is 0 Å². The molecule has 0 unspecified atom stereocenters. The van der Waals surface area contributed by atoms with E-state index in [2.05, 4.69) is 0 Å². The summed E-state index contributed by atoms with van der Waals surface area (Å²) in [6.07, 6.45) is 1.20. The fourth-order valence-electron chi connectivity index (χ4n) is 2.07. The van der Waals surface area contributed by atoms with Crippen LogP contribution < -0.4 is 0 Å². The molecule has 2 saturated heterocycles. The summed E-state index contributed by atoms with van der Waals surface area (Å²) in [7, 11) is 0. The zero-order valence-electron chi connectivity index (χ0n) is 6.95. The van der Waals surface area contributed by atoms with E-state index in [1.54, 1.807) is 0 Å². The molecule has 1 amide bonds. The van der Waals surface area contributed by atoms with Gasteiger partial charge in [-0.1, -0.05) is 0 Å². The van der Waals surface area contributed by atoms with E-state index in [4.69, 9.17) is 9.84 Å². The molecule has 0 aromatic rings.